The predicted molar refractivity (Wildman–Crippen MR) is 120 cm³/mol. The van der Waals surface area contributed by atoms with Crippen molar-refractivity contribution < 1.29 is 24.2 Å². The van der Waals surface area contributed by atoms with Gasteiger partial charge in [-0.05, 0) is 100 Å². The molecule has 0 aromatic heterocycles. The Bertz CT molecular complexity index is 897. The van der Waals surface area contributed by atoms with Gasteiger partial charge >= 0.3 is 5.97 Å². The lowest BCUT2D eigenvalue weighted by Crippen LogP contribution is -2.66. The highest BCUT2D eigenvalue weighted by molar-refractivity contribution is 5.89. The number of carbonyl (C=O) groups is 2. The second kappa shape index (κ2) is 7.31. The molecule has 0 radical (unpaired) electrons. The van der Waals surface area contributed by atoms with E-state index in [1.165, 1.54) is 0 Å². The van der Waals surface area contributed by atoms with Gasteiger partial charge in [0.05, 0.1) is 11.2 Å². The number of hydrogen-bond donors (Lipinski definition) is 1. The lowest BCUT2D eigenvalue weighted by Gasteiger charge is -2.66. The SMILES string of the molecule is C[C@@]1(OC=O)CCC[C@@]2(C)C1[C@H](OC(=O)c1ccccc1)C[C@H]1CC3CC12CC[C@@]3(C)O. The van der Waals surface area contributed by atoms with Gasteiger partial charge in [0, 0.05) is 5.92 Å². The van der Waals surface area contributed by atoms with Crippen molar-refractivity contribution in [2.24, 2.45) is 28.6 Å². The number of esters is 1. The average molecular weight is 441 g/mol. The van der Waals surface area contributed by atoms with Gasteiger partial charge < -0.3 is 14.6 Å². The average Bonchev–Trinajstić information content (AvgIpc) is 3.09. The largest absolute Gasteiger partial charge is 0.461 e. The van der Waals surface area contributed by atoms with Gasteiger partial charge in [-0.25, -0.2) is 4.79 Å². The summed E-state index contributed by atoms with van der Waals surface area (Å²) >= 11 is 0. The summed E-state index contributed by atoms with van der Waals surface area (Å²) in [6.45, 7) is 6.97. The van der Waals surface area contributed by atoms with Crippen LogP contribution >= 0.6 is 0 Å². The minimum Gasteiger partial charge on any atom is -0.461 e. The van der Waals surface area contributed by atoms with Crippen LogP contribution in [0.5, 0.6) is 0 Å². The van der Waals surface area contributed by atoms with E-state index in [2.05, 4.69) is 6.92 Å². The van der Waals surface area contributed by atoms with Crippen molar-refractivity contribution in [3.8, 4) is 0 Å². The first kappa shape index (κ1) is 21.9. The normalized spacial score (nSPS) is 47.1. The van der Waals surface area contributed by atoms with Gasteiger partial charge in [0.15, 0.2) is 0 Å². The molecular formula is C27H36O5. The van der Waals surface area contributed by atoms with Crippen LogP contribution in [0, 0.1) is 28.6 Å². The third kappa shape index (κ3) is 2.99. The Balaban J connectivity index is 1.56. The minimum absolute atomic E-state index is 0.0559. The highest BCUT2D eigenvalue weighted by Gasteiger charge is 2.72. The molecule has 0 heterocycles. The Kier molecular flexibility index (Phi) is 5.01. The third-order valence-electron chi connectivity index (χ3n) is 10.2. The second-order valence-electron chi connectivity index (χ2n) is 11.7. The number of rotatable bonds is 4. The molecule has 1 aromatic rings. The molecule has 5 heteroatoms. The lowest BCUT2D eigenvalue weighted by molar-refractivity contribution is -0.240. The van der Waals surface area contributed by atoms with Gasteiger partial charge in [-0.2, -0.15) is 0 Å². The number of benzene rings is 1. The van der Waals surface area contributed by atoms with Crippen LogP contribution in [0.25, 0.3) is 0 Å². The van der Waals surface area contributed by atoms with E-state index in [9.17, 15) is 14.7 Å². The van der Waals surface area contributed by atoms with Crippen molar-refractivity contribution in [2.75, 3.05) is 0 Å². The van der Waals surface area contributed by atoms with E-state index in [1.54, 1.807) is 12.1 Å². The fourth-order valence-electron chi connectivity index (χ4n) is 8.73. The number of ether oxygens (including phenoxy) is 2. The lowest BCUT2D eigenvalue weighted by atomic mass is 9.40. The summed E-state index contributed by atoms with van der Waals surface area (Å²) in [7, 11) is 0. The number of aliphatic hydroxyl groups is 1. The first-order valence-corrected chi connectivity index (χ1v) is 12.3. The minimum atomic E-state index is -0.659. The molecule has 32 heavy (non-hydrogen) atoms. The van der Waals surface area contributed by atoms with Crippen LogP contribution in [0.2, 0.25) is 0 Å². The van der Waals surface area contributed by atoms with E-state index in [1.807, 2.05) is 32.0 Å². The van der Waals surface area contributed by atoms with E-state index < -0.39 is 11.2 Å². The van der Waals surface area contributed by atoms with Crippen molar-refractivity contribution in [3.63, 3.8) is 0 Å². The number of fused-ring (bicyclic) bond motifs is 2. The molecule has 3 unspecified atom stereocenters. The zero-order valence-electron chi connectivity index (χ0n) is 19.5. The van der Waals surface area contributed by atoms with Crippen molar-refractivity contribution >= 4 is 12.4 Å². The molecule has 1 aromatic carbocycles. The zero-order valence-corrected chi connectivity index (χ0v) is 19.5. The van der Waals surface area contributed by atoms with Crippen LogP contribution in [0.1, 0.15) is 82.5 Å². The van der Waals surface area contributed by atoms with Crippen molar-refractivity contribution in [2.45, 2.75) is 89.4 Å². The summed E-state index contributed by atoms with van der Waals surface area (Å²) in [5, 5.41) is 11.1. The molecule has 0 aliphatic heterocycles. The quantitative estimate of drug-likeness (QED) is 0.532. The molecular weight excluding hydrogens is 404 g/mol. The summed E-state index contributed by atoms with van der Waals surface area (Å²) < 4.78 is 12.1. The number of hydrogen-bond acceptors (Lipinski definition) is 5. The molecule has 4 aliphatic carbocycles. The maximum atomic E-state index is 13.1. The van der Waals surface area contributed by atoms with Crippen LogP contribution in [0.3, 0.4) is 0 Å². The van der Waals surface area contributed by atoms with Crippen molar-refractivity contribution in [1.82, 2.24) is 0 Å². The molecule has 174 valence electrons. The van der Waals surface area contributed by atoms with Gasteiger partial charge in [-0.1, -0.05) is 25.1 Å². The first-order chi connectivity index (χ1) is 15.2. The second-order valence-corrected chi connectivity index (χ2v) is 11.7. The smallest absolute Gasteiger partial charge is 0.338 e. The first-order valence-electron chi connectivity index (χ1n) is 12.3. The van der Waals surface area contributed by atoms with Gasteiger partial charge in [-0.15, -0.1) is 0 Å². The summed E-state index contributed by atoms with van der Waals surface area (Å²) in [5.41, 5.74) is -0.736. The maximum absolute atomic E-state index is 13.1. The molecule has 1 spiro atoms. The van der Waals surface area contributed by atoms with Crippen LogP contribution in [-0.4, -0.2) is 34.9 Å². The van der Waals surface area contributed by atoms with E-state index in [0.717, 1.165) is 51.4 Å². The highest BCUT2D eigenvalue weighted by Crippen LogP contribution is 2.74. The Morgan fingerprint density at radius 1 is 1.03 bits per heavy atom. The molecule has 5 nitrogen and oxygen atoms in total. The van der Waals surface area contributed by atoms with Crippen molar-refractivity contribution in [1.29, 1.82) is 0 Å². The van der Waals surface area contributed by atoms with E-state index in [0.29, 0.717) is 18.0 Å². The topological polar surface area (TPSA) is 72.8 Å². The molecule has 1 N–H and O–H groups in total. The highest BCUT2D eigenvalue weighted by atomic mass is 16.6. The standard InChI is InChI=1S/C27H36O5/c1-24-10-7-11-26(3,31-17-28)22(24)21(32-23(29)18-8-5-4-6-9-18)15-19-14-20-16-27(19,24)13-12-25(20,2)30/h4-6,8-9,17,19-22,30H,7,10-16H2,1-3H3/t19-,20?,21-,22?,24+,25-,26-,27?/m1/s1. The van der Waals surface area contributed by atoms with Crippen LogP contribution < -0.4 is 0 Å². The molecule has 2 bridgehead atoms. The molecule has 0 amide bonds. The van der Waals surface area contributed by atoms with Crippen LogP contribution in [-0.2, 0) is 14.3 Å². The molecule has 4 fully saturated rings. The molecule has 4 saturated carbocycles. The number of carbonyl (C=O) groups excluding carboxylic acids is 2. The fraction of sp³-hybridized carbons (Fsp3) is 0.704. The van der Waals surface area contributed by atoms with Gasteiger partial charge in [0.1, 0.15) is 11.7 Å². The molecule has 4 aliphatic rings. The zero-order chi connectivity index (χ0) is 22.8. The summed E-state index contributed by atoms with van der Waals surface area (Å²) in [4.78, 5) is 24.7. The van der Waals surface area contributed by atoms with Crippen molar-refractivity contribution in [3.05, 3.63) is 35.9 Å². The summed E-state index contributed by atoms with van der Waals surface area (Å²) in [6.07, 6.45) is 7.11. The van der Waals surface area contributed by atoms with Crippen LogP contribution in [0.4, 0.5) is 0 Å². The van der Waals surface area contributed by atoms with Gasteiger partial charge in [0.2, 0.25) is 0 Å². The molecule has 8 atom stereocenters. The summed E-state index contributed by atoms with van der Waals surface area (Å²) in [5.74, 6) is 0.331. The maximum Gasteiger partial charge on any atom is 0.338 e. The van der Waals surface area contributed by atoms with E-state index in [-0.39, 0.29) is 34.7 Å². The Morgan fingerprint density at radius 3 is 2.50 bits per heavy atom. The molecule has 0 saturated heterocycles. The Hall–Kier alpha value is -1.88. The predicted octanol–water partition coefficient (Wildman–Crippen LogP) is 4.91. The fourth-order valence-corrected chi connectivity index (χ4v) is 8.73. The Morgan fingerprint density at radius 2 is 1.78 bits per heavy atom. The van der Waals surface area contributed by atoms with Crippen LogP contribution in [0.15, 0.2) is 30.3 Å². The summed E-state index contributed by atoms with van der Waals surface area (Å²) in [6, 6.07) is 9.15. The third-order valence-corrected chi connectivity index (χ3v) is 10.2. The van der Waals surface area contributed by atoms with Gasteiger partial charge in [-0.3, -0.25) is 4.79 Å². The van der Waals surface area contributed by atoms with E-state index in [4.69, 9.17) is 9.47 Å². The van der Waals surface area contributed by atoms with Gasteiger partial charge in [0.25, 0.3) is 6.47 Å². The molecule has 5 rings (SSSR count). The monoisotopic (exact) mass is 440 g/mol. The van der Waals surface area contributed by atoms with E-state index >= 15 is 0 Å². The Labute approximate surface area is 190 Å².